The molecular weight excluding hydrogens is 240 g/mol. The second-order valence-electron chi connectivity index (χ2n) is 3.54. The highest BCUT2D eigenvalue weighted by Gasteiger charge is 2.15. The minimum atomic E-state index is -1.18. The minimum Gasteiger partial charge on any atom is -0.478 e. The summed E-state index contributed by atoms with van der Waals surface area (Å²) in [6.07, 6.45) is 1.77. The molecule has 0 fully saturated rings. The van der Waals surface area contributed by atoms with Crippen molar-refractivity contribution in [1.29, 1.82) is 0 Å². The molecule has 1 rings (SSSR count). The molecule has 0 aliphatic carbocycles. The molecule has 0 saturated heterocycles. The van der Waals surface area contributed by atoms with Crippen molar-refractivity contribution in [3.8, 4) is 0 Å². The fourth-order valence-corrected chi connectivity index (χ4v) is 1.14. The number of amides is 2. The molecule has 0 saturated carbocycles. The highest BCUT2D eigenvalue weighted by molar-refractivity contribution is 5.97. The maximum Gasteiger partial charge on any atom is 0.338 e. The fraction of sp³-hybridized carbons (Fsp3) is 0.364. The van der Waals surface area contributed by atoms with E-state index in [2.05, 4.69) is 10.6 Å². The Labute approximate surface area is 103 Å². The maximum atomic E-state index is 11.5. The Bertz CT molecular complexity index is 452. The maximum absolute atomic E-state index is 11.5. The van der Waals surface area contributed by atoms with Crippen LogP contribution in [0.2, 0.25) is 0 Å². The number of carbonyl (C=O) groups excluding carboxylic acids is 2. The van der Waals surface area contributed by atoms with Gasteiger partial charge in [-0.1, -0.05) is 6.92 Å². The molecule has 0 aliphatic heterocycles. The van der Waals surface area contributed by atoms with Gasteiger partial charge in [-0.2, -0.15) is 0 Å². The summed E-state index contributed by atoms with van der Waals surface area (Å²) in [5.41, 5.74) is -0.115. The molecule has 1 aromatic heterocycles. The first-order chi connectivity index (χ1) is 8.54. The number of carboxylic acids is 1. The van der Waals surface area contributed by atoms with Crippen molar-refractivity contribution in [3.63, 3.8) is 0 Å². The van der Waals surface area contributed by atoms with Crippen LogP contribution in [0.25, 0.3) is 0 Å². The summed E-state index contributed by atoms with van der Waals surface area (Å²) in [6, 6.07) is 1.10. The topological polar surface area (TPSA) is 109 Å². The lowest BCUT2D eigenvalue weighted by Crippen LogP contribution is -2.37. The third kappa shape index (κ3) is 3.93. The quantitative estimate of drug-likeness (QED) is 0.673. The smallest absolute Gasteiger partial charge is 0.338 e. The van der Waals surface area contributed by atoms with E-state index >= 15 is 0 Å². The van der Waals surface area contributed by atoms with E-state index in [1.807, 2.05) is 6.92 Å². The summed E-state index contributed by atoms with van der Waals surface area (Å²) < 4.78 is 4.78. The average Bonchev–Trinajstić information content (AvgIpc) is 2.83. The van der Waals surface area contributed by atoms with Gasteiger partial charge in [-0.3, -0.25) is 9.59 Å². The van der Waals surface area contributed by atoms with Crippen LogP contribution in [0.5, 0.6) is 0 Å². The Morgan fingerprint density at radius 3 is 2.61 bits per heavy atom. The summed E-state index contributed by atoms with van der Waals surface area (Å²) in [7, 11) is 0. The molecule has 0 aliphatic rings. The summed E-state index contributed by atoms with van der Waals surface area (Å²) in [4.78, 5) is 33.2. The predicted molar refractivity (Wildman–Crippen MR) is 61.3 cm³/mol. The molecule has 0 spiro atoms. The third-order valence-corrected chi connectivity index (χ3v) is 2.05. The van der Waals surface area contributed by atoms with Gasteiger partial charge < -0.3 is 20.2 Å². The van der Waals surface area contributed by atoms with Crippen molar-refractivity contribution in [2.24, 2.45) is 0 Å². The van der Waals surface area contributed by atoms with Crippen LogP contribution >= 0.6 is 0 Å². The SMILES string of the molecule is CCCNC(=O)CNC(=O)c1cc(C(=O)O)co1. The number of aromatic carboxylic acids is 1. The van der Waals surface area contributed by atoms with Gasteiger partial charge >= 0.3 is 5.97 Å². The number of nitrogens with one attached hydrogen (secondary N) is 2. The summed E-state index contributed by atoms with van der Waals surface area (Å²) in [6.45, 7) is 2.27. The van der Waals surface area contributed by atoms with Crippen LogP contribution in [-0.4, -0.2) is 36.0 Å². The van der Waals surface area contributed by atoms with Gasteiger partial charge in [0.1, 0.15) is 6.26 Å². The lowest BCUT2D eigenvalue weighted by Gasteiger charge is -2.04. The van der Waals surface area contributed by atoms with Gasteiger partial charge in [-0.05, 0) is 6.42 Å². The first-order valence-electron chi connectivity index (χ1n) is 5.41. The zero-order valence-corrected chi connectivity index (χ0v) is 9.86. The number of carbonyl (C=O) groups is 3. The van der Waals surface area contributed by atoms with E-state index in [-0.39, 0.29) is 23.8 Å². The van der Waals surface area contributed by atoms with E-state index in [1.54, 1.807) is 0 Å². The Balaban J connectivity index is 2.45. The highest BCUT2D eigenvalue weighted by atomic mass is 16.4. The number of hydrogen-bond acceptors (Lipinski definition) is 4. The zero-order chi connectivity index (χ0) is 13.5. The lowest BCUT2D eigenvalue weighted by molar-refractivity contribution is -0.120. The van der Waals surface area contributed by atoms with Gasteiger partial charge in [0.05, 0.1) is 12.1 Å². The molecule has 1 heterocycles. The van der Waals surface area contributed by atoms with E-state index in [4.69, 9.17) is 9.52 Å². The second kappa shape index (κ2) is 6.43. The molecule has 98 valence electrons. The largest absolute Gasteiger partial charge is 0.478 e. The van der Waals surface area contributed by atoms with Gasteiger partial charge in [0.25, 0.3) is 5.91 Å². The Hall–Kier alpha value is -2.31. The number of carboxylic acid groups (broad SMARTS) is 1. The molecule has 18 heavy (non-hydrogen) atoms. The monoisotopic (exact) mass is 254 g/mol. The molecule has 0 atom stereocenters. The van der Waals surface area contributed by atoms with E-state index in [0.29, 0.717) is 6.54 Å². The van der Waals surface area contributed by atoms with Gasteiger partial charge in [0, 0.05) is 12.6 Å². The Morgan fingerprint density at radius 2 is 2.06 bits per heavy atom. The second-order valence-corrected chi connectivity index (χ2v) is 3.54. The third-order valence-electron chi connectivity index (χ3n) is 2.05. The Kier molecular flexibility index (Phi) is 4.91. The number of rotatable bonds is 6. The van der Waals surface area contributed by atoms with Crippen molar-refractivity contribution in [2.45, 2.75) is 13.3 Å². The fourth-order valence-electron chi connectivity index (χ4n) is 1.14. The predicted octanol–water partition coefficient (Wildman–Crippen LogP) is 0.234. The molecule has 0 unspecified atom stereocenters. The van der Waals surface area contributed by atoms with Crippen LogP contribution in [0.15, 0.2) is 16.7 Å². The standard InChI is InChI=1S/C11H14N2O5/c1-2-3-12-9(14)5-13-10(15)8-4-7(6-18-8)11(16)17/h4,6H,2-3,5H2,1H3,(H,12,14)(H,13,15)(H,16,17). The van der Waals surface area contributed by atoms with E-state index in [9.17, 15) is 14.4 Å². The molecule has 0 bridgehead atoms. The van der Waals surface area contributed by atoms with Gasteiger partial charge in [0.2, 0.25) is 5.91 Å². The van der Waals surface area contributed by atoms with Crippen LogP contribution in [0.4, 0.5) is 0 Å². The van der Waals surface area contributed by atoms with E-state index in [1.165, 1.54) is 0 Å². The first kappa shape index (κ1) is 13.8. The van der Waals surface area contributed by atoms with Gasteiger partial charge in [-0.25, -0.2) is 4.79 Å². The first-order valence-corrected chi connectivity index (χ1v) is 5.41. The van der Waals surface area contributed by atoms with Gasteiger partial charge in [-0.15, -0.1) is 0 Å². The van der Waals surface area contributed by atoms with E-state index in [0.717, 1.165) is 18.8 Å². The van der Waals surface area contributed by atoms with Gasteiger partial charge in [0.15, 0.2) is 5.76 Å². The molecular formula is C11H14N2O5. The lowest BCUT2D eigenvalue weighted by atomic mass is 10.3. The van der Waals surface area contributed by atoms with Crippen molar-refractivity contribution >= 4 is 17.8 Å². The minimum absolute atomic E-state index is 0.115. The number of furan rings is 1. The Morgan fingerprint density at radius 1 is 1.33 bits per heavy atom. The molecule has 0 radical (unpaired) electrons. The number of hydrogen-bond donors (Lipinski definition) is 3. The summed E-state index contributed by atoms with van der Waals surface area (Å²) >= 11 is 0. The van der Waals surface area contributed by atoms with Crippen LogP contribution in [0.1, 0.15) is 34.3 Å². The van der Waals surface area contributed by atoms with Crippen LogP contribution < -0.4 is 10.6 Å². The van der Waals surface area contributed by atoms with Crippen molar-refractivity contribution < 1.29 is 23.9 Å². The zero-order valence-electron chi connectivity index (χ0n) is 9.86. The molecule has 1 aromatic rings. The van der Waals surface area contributed by atoms with Crippen LogP contribution in [0, 0.1) is 0 Å². The highest BCUT2D eigenvalue weighted by Crippen LogP contribution is 2.07. The molecule has 7 heteroatoms. The van der Waals surface area contributed by atoms with Crippen molar-refractivity contribution in [3.05, 3.63) is 23.7 Å². The summed E-state index contributed by atoms with van der Waals surface area (Å²) in [5, 5.41) is 13.5. The van der Waals surface area contributed by atoms with Crippen LogP contribution in [0.3, 0.4) is 0 Å². The molecule has 2 amide bonds. The molecule has 7 nitrogen and oxygen atoms in total. The van der Waals surface area contributed by atoms with Crippen molar-refractivity contribution in [1.82, 2.24) is 10.6 Å². The molecule has 0 aromatic carbocycles. The van der Waals surface area contributed by atoms with Crippen molar-refractivity contribution in [2.75, 3.05) is 13.1 Å². The normalized spacial score (nSPS) is 9.83. The van der Waals surface area contributed by atoms with E-state index < -0.39 is 11.9 Å². The van der Waals surface area contributed by atoms with Crippen LogP contribution in [-0.2, 0) is 4.79 Å². The molecule has 3 N–H and O–H groups in total. The summed E-state index contributed by atoms with van der Waals surface area (Å²) in [5.74, 6) is -2.27. The average molecular weight is 254 g/mol.